The average molecular weight is 252 g/mol. The zero-order chi connectivity index (χ0) is 13.7. The van der Waals surface area contributed by atoms with Crippen LogP contribution in [0.15, 0.2) is 59.9 Å². The van der Waals surface area contributed by atoms with Crippen molar-refractivity contribution in [2.24, 2.45) is 5.11 Å². The fourth-order valence-electron chi connectivity index (χ4n) is 1.71. The lowest BCUT2D eigenvalue weighted by molar-refractivity contribution is 0.0957. The first kappa shape index (κ1) is 12.7. The highest BCUT2D eigenvalue weighted by Crippen LogP contribution is 2.15. The number of fused-ring (bicyclic) bond motifs is 1. The van der Waals surface area contributed by atoms with Crippen molar-refractivity contribution in [3.8, 4) is 0 Å². The first-order valence-corrected chi connectivity index (χ1v) is 5.70. The van der Waals surface area contributed by atoms with E-state index in [1.807, 2.05) is 36.4 Å². The summed E-state index contributed by atoms with van der Waals surface area (Å²) in [6.45, 7) is 3.66. The van der Waals surface area contributed by atoms with Crippen molar-refractivity contribution in [1.82, 2.24) is 5.32 Å². The van der Waals surface area contributed by atoms with Crippen LogP contribution in [0.1, 0.15) is 10.4 Å². The fraction of sp³-hybridized carbons (Fsp3) is 0.0714. The van der Waals surface area contributed by atoms with E-state index >= 15 is 0 Å². The van der Waals surface area contributed by atoms with Crippen LogP contribution in [0.2, 0.25) is 0 Å². The van der Waals surface area contributed by atoms with Crippen molar-refractivity contribution in [2.45, 2.75) is 0 Å². The lowest BCUT2D eigenvalue weighted by Gasteiger charge is -2.05. The van der Waals surface area contributed by atoms with Gasteiger partial charge >= 0.3 is 0 Å². The molecule has 0 unspecified atom stereocenters. The van der Waals surface area contributed by atoms with Gasteiger partial charge < -0.3 is 5.32 Å². The van der Waals surface area contributed by atoms with Crippen LogP contribution in [-0.2, 0) is 0 Å². The van der Waals surface area contributed by atoms with Gasteiger partial charge in [-0.25, -0.2) is 0 Å². The number of carbonyl (C=O) groups is 1. The number of amides is 1. The fourth-order valence-corrected chi connectivity index (χ4v) is 1.71. The number of benzene rings is 2. The highest BCUT2D eigenvalue weighted by atomic mass is 16.1. The summed E-state index contributed by atoms with van der Waals surface area (Å²) in [5.41, 5.74) is 9.06. The molecule has 5 nitrogen and oxygen atoms in total. The highest BCUT2D eigenvalue weighted by molar-refractivity contribution is 5.98. The molecule has 2 aromatic rings. The molecule has 1 N–H and O–H groups in total. The zero-order valence-electron chi connectivity index (χ0n) is 10.2. The summed E-state index contributed by atoms with van der Waals surface area (Å²) < 4.78 is 0. The Morgan fingerprint density at radius 1 is 1.26 bits per heavy atom. The molecule has 19 heavy (non-hydrogen) atoms. The third-order valence-electron chi connectivity index (χ3n) is 2.65. The number of hydrogen-bond acceptors (Lipinski definition) is 2. The molecule has 0 fully saturated rings. The Morgan fingerprint density at radius 3 is 2.74 bits per heavy atom. The first-order chi connectivity index (χ1) is 9.20. The molecule has 0 saturated carbocycles. The normalized spacial score (nSPS) is 9.68. The second kappa shape index (κ2) is 5.71. The number of carbonyl (C=O) groups excluding carboxylic acids is 1. The van der Waals surface area contributed by atoms with E-state index in [1.165, 1.54) is 0 Å². The van der Waals surface area contributed by atoms with Gasteiger partial charge in [0.2, 0.25) is 0 Å². The summed E-state index contributed by atoms with van der Waals surface area (Å²) in [6.07, 6.45) is 0. The first-order valence-electron chi connectivity index (χ1n) is 5.70. The Balaban J connectivity index is 2.13. The van der Waals surface area contributed by atoms with Crippen molar-refractivity contribution < 1.29 is 4.79 Å². The zero-order valence-corrected chi connectivity index (χ0v) is 10.2. The Morgan fingerprint density at radius 2 is 2.00 bits per heavy atom. The van der Waals surface area contributed by atoms with Gasteiger partial charge in [0.25, 0.3) is 5.91 Å². The summed E-state index contributed by atoms with van der Waals surface area (Å²) in [4.78, 5) is 14.5. The van der Waals surface area contributed by atoms with E-state index in [9.17, 15) is 4.79 Å². The molecule has 2 rings (SSSR count). The quantitative estimate of drug-likeness (QED) is 0.505. The molecule has 0 heterocycles. The third kappa shape index (κ3) is 3.12. The Bertz CT molecular complexity index is 687. The van der Waals surface area contributed by atoms with Crippen LogP contribution >= 0.6 is 0 Å². The number of nitrogens with zero attached hydrogens (tertiary/aromatic N) is 3. The van der Waals surface area contributed by atoms with E-state index in [0.29, 0.717) is 5.56 Å². The van der Waals surface area contributed by atoms with Gasteiger partial charge in [-0.3, -0.25) is 4.79 Å². The summed E-state index contributed by atoms with van der Waals surface area (Å²) in [5.74, 6) is -0.222. The molecule has 0 aliphatic rings. The molecule has 0 spiro atoms. The van der Waals surface area contributed by atoms with E-state index in [1.54, 1.807) is 6.07 Å². The van der Waals surface area contributed by atoms with Crippen molar-refractivity contribution >= 4 is 16.7 Å². The summed E-state index contributed by atoms with van der Waals surface area (Å²) in [7, 11) is 0. The van der Waals surface area contributed by atoms with Crippen molar-refractivity contribution in [3.63, 3.8) is 0 Å². The predicted molar refractivity (Wildman–Crippen MR) is 74.6 cm³/mol. The summed E-state index contributed by atoms with van der Waals surface area (Å²) in [5, 5.41) is 8.04. The predicted octanol–water partition coefficient (Wildman–Crippen LogP) is 3.39. The average Bonchev–Trinajstić information content (AvgIpc) is 2.44. The largest absolute Gasteiger partial charge is 0.348 e. The number of hydrogen-bond donors (Lipinski definition) is 1. The molecule has 1 amide bonds. The van der Waals surface area contributed by atoms with Crippen LogP contribution in [0.25, 0.3) is 21.2 Å². The molecule has 0 aliphatic carbocycles. The van der Waals surface area contributed by atoms with E-state index in [-0.39, 0.29) is 18.1 Å². The van der Waals surface area contributed by atoms with Gasteiger partial charge in [-0.15, -0.1) is 0 Å². The van der Waals surface area contributed by atoms with Crippen LogP contribution in [-0.4, -0.2) is 12.5 Å². The maximum Gasteiger partial charge on any atom is 0.251 e. The molecule has 94 valence electrons. The molecule has 0 bridgehead atoms. The van der Waals surface area contributed by atoms with Crippen LogP contribution in [0, 0.1) is 0 Å². The number of rotatable bonds is 4. The van der Waals surface area contributed by atoms with Gasteiger partial charge in [0.15, 0.2) is 0 Å². The van der Waals surface area contributed by atoms with Gasteiger partial charge in [0.05, 0.1) is 0 Å². The smallest absolute Gasteiger partial charge is 0.251 e. The minimum absolute atomic E-state index is 0.135. The Labute approximate surface area is 110 Å². The SMILES string of the molecule is C=C(CNC(=O)c1ccc2ccccc2c1)N=[N+]=[N-]. The highest BCUT2D eigenvalue weighted by Gasteiger charge is 2.05. The molecule has 0 aromatic heterocycles. The van der Waals surface area contributed by atoms with Crippen LogP contribution in [0.4, 0.5) is 0 Å². The molecule has 0 aliphatic heterocycles. The van der Waals surface area contributed by atoms with Gasteiger partial charge in [-0.1, -0.05) is 42.0 Å². The summed E-state index contributed by atoms with van der Waals surface area (Å²) >= 11 is 0. The topological polar surface area (TPSA) is 77.9 Å². The number of azide groups is 1. The molecule has 5 heteroatoms. The lowest BCUT2D eigenvalue weighted by Crippen LogP contribution is -2.24. The van der Waals surface area contributed by atoms with E-state index in [4.69, 9.17) is 5.53 Å². The maximum atomic E-state index is 11.9. The van der Waals surface area contributed by atoms with Crippen LogP contribution < -0.4 is 5.32 Å². The molecular weight excluding hydrogens is 240 g/mol. The van der Waals surface area contributed by atoms with E-state index in [0.717, 1.165) is 10.8 Å². The van der Waals surface area contributed by atoms with E-state index in [2.05, 4.69) is 21.9 Å². The molecular formula is C14H12N4O. The second-order valence-electron chi connectivity index (χ2n) is 4.00. The number of nitrogens with one attached hydrogen (secondary N) is 1. The second-order valence-corrected chi connectivity index (χ2v) is 4.00. The molecule has 0 atom stereocenters. The minimum Gasteiger partial charge on any atom is -0.348 e. The van der Waals surface area contributed by atoms with Crippen molar-refractivity contribution in [1.29, 1.82) is 0 Å². The Hall–Kier alpha value is -2.78. The van der Waals surface area contributed by atoms with Crippen LogP contribution in [0.5, 0.6) is 0 Å². The third-order valence-corrected chi connectivity index (χ3v) is 2.65. The Kier molecular flexibility index (Phi) is 3.81. The van der Waals surface area contributed by atoms with Crippen molar-refractivity contribution in [3.05, 3.63) is 70.7 Å². The maximum absolute atomic E-state index is 11.9. The van der Waals surface area contributed by atoms with Gasteiger partial charge in [-0.05, 0) is 28.4 Å². The summed E-state index contributed by atoms with van der Waals surface area (Å²) in [6, 6.07) is 13.3. The molecule has 0 radical (unpaired) electrons. The van der Waals surface area contributed by atoms with Gasteiger partial charge in [0, 0.05) is 22.7 Å². The van der Waals surface area contributed by atoms with Gasteiger partial charge in [-0.2, -0.15) is 0 Å². The molecule has 2 aromatic carbocycles. The minimum atomic E-state index is -0.222. The van der Waals surface area contributed by atoms with Crippen molar-refractivity contribution in [2.75, 3.05) is 6.54 Å². The van der Waals surface area contributed by atoms with E-state index < -0.39 is 0 Å². The standard InChI is InChI=1S/C14H12N4O/c1-10(17-18-15)9-16-14(19)13-7-6-11-4-2-3-5-12(11)8-13/h2-8H,1,9H2,(H,16,19). The lowest BCUT2D eigenvalue weighted by atomic mass is 10.1. The molecule has 0 saturated heterocycles. The monoisotopic (exact) mass is 252 g/mol. The van der Waals surface area contributed by atoms with Crippen LogP contribution in [0.3, 0.4) is 0 Å². The van der Waals surface area contributed by atoms with Gasteiger partial charge in [0.1, 0.15) is 0 Å².